The molecule has 304 valence electrons. The number of ether oxygens (including phenoxy) is 4. The topological polar surface area (TPSA) is 186 Å². The molecule has 14 nitrogen and oxygen atoms in total. The maximum absolute atomic E-state index is 14.6. The highest BCUT2D eigenvalue weighted by Crippen LogP contribution is 2.42. The molecule has 59 heavy (non-hydrogen) atoms. The predicted molar refractivity (Wildman–Crippen MR) is 219 cm³/mol. The van der Waals surface area contributed by atoms with Gasteiger partial charge in [-0.1, -0.05) is 59.9 Å². The number of sulfonamides is 1. The number of fused-ring (bicyclic) bond motifs is 2. The van der Waals surface area contributed by atoms with E-state index in [-0.39, 0.29) is 41.0 Å². The van der Waals surface area contributed by atoms with Crippen molar-refractivity contribution in [1.82, 2.24) is 14.6 Å². The summed E-state index contributed by atoms with van der Waals surface area (Å²) in [7, 11) is -3.21. The predicted octanol–water partition coefficient (Wildman–Crippen LogP) is 5.88. The highest BCUT2D eigenvalue weighted by molar-refractivity contribution is 7.91. The Hall–Kier alpha value is -6.28. The number of hydrogen-bond acceptors (Lipinski definition) is 12. The first-order valence-corrected chi connectivity index (χ1v) is 21.0. The highest BCUT2D eigenvalue weighted by Gasteiger charge is 2.43. The summed E-state index contributed by atoms with van der Waals surface area (Å²) in [5, 5.41) is 14.6. The van der Waals surface area contributed by atoms with Crippen LogP contribution in [0.15, 0.2) is 89.1 Å². The van der Waals surface area contributed by atoms with Crippen LogP contribution in [0.4, 0.5) is 5.13 Å². The van der Waals surface area contributed by atoms with Gasteiger partial charge in [0, 0.05) is 19.9 Å². The monoisotopic (exact) mass is 835 g/mol. The maximum Gasteiger partial charge on any atom is 0.328 e. The second-order valence-electron chi connectivity index (χ2n) is 14.0. The number of carbonyl (C=O) groups excluding carboxylic acids is 3. The van der Waals surface area contributed by atoms with Crippen LogP contribution >= 0.6 is 11.3 Å². The number of aromatic nitrogens is 1. The van der Waals surface area contributed by atoms with Gasteiger partial charge in [-0.3, -0.25) is 9.59 Å². The summed E-state index contributed by atoms with van der Waals surface area (Å²) in [5.41, 5.74) is 5.35. The van der Waals surface area contributed by atoms with E-state index in [0.717, 1.165) is 43.6 Å². The van der Waals surface area contributed by atoms with Crippen molar-refractivity contribution in [3.63, 3.8) is 0 Å². The molecule has 0 saturated carbocycles. The molecule has 0 bridgehead atoms. The second kappa shape index (κ2) is 17.3. The highest BCUT2D eigenvalue weighted by atomic mass is 32.2. The van der Waals surface area contributed by atoms with Crippen molar-refractivity contribution >= 4 is 44.3 Å². The van der Waals surface area contributed by atoms with Gasteiger partial charge in [-0.15, -0.1) is 0 Å². The number of aryl methyl sites for hydroxylation is 1. The first-order chi connectivity index (χ1) is 28.4. The first-order valence-electron chi connectivity index (χ1n) is 18.8. The first kappa shape index (κ1) is 40.9. The van der Waals surface area contributed by atoms with Crippen LogP contribution in [-0.4, -0.2) is 67.9 Å². The van der Waals surface area contributed by atoms with Crippen molar-refractivity contribution in [2.75, 3.05) is 25.6 Å². The minimum Gasteiger partial charge on any atom is -0.494 e. The summed E-state index contributed by atoms with van der Waals surface area (Å²) in [6.07, 6.45) is -0.430. The van der Waals surface area contributed by atoms with Gasteiger partial charge in [-0.05, 0) is 90.0 Å². The van der Waals surface area contributed by atoms with E-state index in [0.29, 0.717) is 34.8 Å². The Labute approximate surface area is 345 Å². The smallest absolute Gasteiger partial charge is 0.328 e. The Bertz CT molecular complexity index is 2530. The molecule has 3 atom stereocenters. The third-order valence-corrected chi connectivity index (χ3v) is 13.5. The minimum atomic E-state index is -4.43. The third-order valence-electron chi connectivity index (χ3n) is 10.0. The molecule has 5 aromatic rings. The van der Waals surface area contributed by atoms with Crippen LogP contribution in [0, 0.1) is 18.3 Å². The zero-order valence-electron chi connectivity index (χ0n) is 32.7. The van der Waals surface area contributed by atoms with Crippen LogP contribution in [0.1, 0.15) is 53.5 Å². The van der Waals surface area contributed by atoms with Gasteiger partial charge < -0.3 is 29.6 Å². The average molecular weight is 836 g/mol. The van der Waals surface area contributed by atoms with Crippen molar-refractivity contribution in [3.05, 3.63) is 118 Å². The number of carbonyl (C=O) groups is 3. The maximum atomic E-state index is 14.6. The van der Waals surface area contributed by atoms with Gasteiger partial charge >= 0.3 is 5.97 Å². The van der Waals surface area contributed by atoms with Gasteiger partial charge in [-0.2, -0.15) is 9.57 Å². The summed E-state index contributed by atoms with van der Waals surface area (Å²) in [4.78, 5) is 43.7. The number of anilines is 1. The van der Waals surface area contributed by atoms with Crippen LogP contribution < -0.4 is 24.8 Å². The fraction of sp³-hybridized carbons (Fsp3) is 0.279. The zero-order valence-corrected chi connectivity index (χ0v) is 34.3. The number of nitrogens with one attached hydrogen (secondary N) is 2. The summed E-state index contributed by atoms with van der Waals surface area (Å²) in [5.74, 6) is -0.224. The molecule has 4 aromatic carbocycles. The van der Waals surface area contributed by atoms with Crippen LogP contribution in [0.25, 0.3) is 11.1 Å². The van der Waals surface area contributed by atoms with E-state index >= 15 is 0 Å². The van der Waals surface area contributed by atoms with E-state index in [1.54, 1.807) is 24.3 Å². The van der Waals surface area contributed by atoms with E-state index in [1.807, 2.05) is 67.6 Å². The molecule has 2 amide bonds. The van der Waals surface area contributed by atoms with Gasteiger partial charge in [0.1, 0.15) is 24.4 Å². The quantitative estimate of drug-likeness (QED) is 0.143. The molecule has 16 heteroatoms. The Morgan fingerprint density at radius 2 is 1.68 bits per heavy atom. The van der Waals surface area contributed by atoms with Gasteiger partial charge in [0.2, 0.25) is 11.8 Å². The van der Waals surface area contributed by atoms with Gasteiger partial charge in [0.25, 0.3) is 10.0 Å². The van der Waals surface area contributed by atoms with E-state index in [9.17, 15) is 22.8 Å². The normalized spacial score (nSPS) is 16.5. The van der Waals surface area contributed by atoms with Crippen LogP contribution in [0.3, 0.4) is 0 Å². The number of hydrogen-bond donors (Lipinski definition) is 2. The summed E-state index contributed by atoms with van der Waals surface area (Å²) < 4.78 is 53.4. The Kier molecular flexibility index (Phi) is 12.0. The fourth-order valence-electron chi connectivity index (χ4n) is 7.05. The van der Waals surface area contributed by atoms with Gasteiger partial charge in [-0.25, -0.2) is 18.2 Å². The lowest BCUT2D eigenvalue weighted by atomic mass is 9.93. The zero-order chi connectivity index (χ0) is 41.8. The van der Waals surface area contributed by atoms with Crippen molar-refractivity contribution in [2.24, 2.45) is 0 Å². The second-order valence-corrected chi connectivity index (χ2v) is 17.1. The molecule has 2 aliphatic heterocycles. The molecule has 1 aromatic heterocycles. The Morgan fingerprint density at radius 3 is 2.32 bits per heavy atom. The summed E-state index contributed by atoms with van der Waals surface area (Å²) in [6, 6.07) is 25.2. The van der Waals surface area contributed by atoms with Gasteiger partial charge in [0.15, 0.2) is 26.9 Å². The number of nitriles is 1. The number of amides is 2. The van der Waals surface area contributed by atoms with E-state index < -0.39 is 46.0 Å². The molecule has 0 radical (unpaired) electrons. The van der Waals surface area contributed by atoms with Crippen molar-refractivity contribution in [2.45, 2.75) is 62.6 Å². The number of benzene rings is 4. The number of thiazole rings is 1. The number of methoxy groups -OCH3 is 1. The SMILES string of the molecule is CCOc1ccc(C2COc3cc4c(cc3O2)CN(S(=O)(=O)c2sc(NC(C)=O)nc2C)C(C(=O)NC(Cc2ccc(-c3ccc(C#N)cc3)cc2)C(=O)OC)C4)cc1. The van der Waals surface area contributed by atoms with E-state index in [2.05, 4.69) is 21.7 Å². The largest absolute Gasteiger partial charge is 0.494 e. The van der Waals surface area contributed by atoms with Crippen LogP contribution in [0.5, 0.6) is 17.2 Å². The molecule has 0 fully saturated rings. The standard InChI is InChI=1S/C43H41N5O9S2/c1-5-55-34-16-14-31(15-17-34)39-24-56-37-20-32-19-36(48(23-33(32)21-38(37)57-39)59(52,53)42-25(2)45-43(58-42)46-26(3)49)40(50)47-35(41(51)54-4)18-27-6-10-29(11-7-27)30-12-8-28(22-44)9-13-30/h6-17,20-21,35-36,39H,5,18-19,23-24H2,1-4H3,(H,47,50)(H,45,46,49). The van der Waals surface area contributed by atoms with Crippen LogP contribution in [0.2, 0.25) is 0 Å². The molecular weight excluding hydrogens is 795 g/mol. The van der Waals surface area contributed by atoms with E-state index in [1.165, 1.54) is 21.0 Å². The van der Waals surface area contributed by atoms with Crippen molar-refractivity contribution in [3.8, 4) is 34.4 Å². The third kappa shape index (κ3) is 8.92. The summed E-state index contributed by atoms with van der Waals surface area (Å²) >= 11 is 0.787. The molecule has 7 rings (SSSR count). The number of rotatable bonds is 12. The lowest BCUT2D eigenvalue weighted by Crippen LogP contribution is -2.56. The molecular formula is C43H41N5O9S2. The molecule has 0 spiro atoms. The Morgan fingerprint density at radius 1 is 1.00 bits per heavy atom. The summed E-state index contributed by atoms with van der Waals surface area (Å²) in [6.45, 7) is 5.27. The fourth-order valence-corrected chi connectivity index (χ4v) is 10.2. The Balaban J connectivity index is 1.18. The number of nitrogens with zero attached hydrogens (tertiary/aromatic N) is 3. The van der Waals surface area contributed by atoms with Gasteiger partial charge in [0.05, 0.1) is 31.0 Å². The van der Waals surface area contributed by atoms with Crippen molar-refractivity contribution < 1.29 is 41.7 Å². The lowest BCUT2D eigenvalue weighted by Gasteiger charge is -2.36. The molecule has 0 aliphatic carbocycles. The van der Waals surface area contributed by atoms with Crippen molar-refractivity contribution in [1.29, 1.82) is 5.26 Å². The molecule has 2 aliphatic rings. The average Bonchev–Trinajstić information content (AvgIpc) is 3.61. The molecule has 0 saturated heterocycles. The lowest BCUT2D eigenvalue weighted by molar-refractivity contribution is -0.145. The molecule has 3 heterocycles. The van der Waals surface area contributed by atoms with Crippen LogP contribution in [-0.2, 0) is 48.5 Å². The molecule has 3 unspecified atom stereocenters. The van der Waals surface area contributed by atoms with E-state index in [4.69, 9.17) is 24.2 Å². The molecule has 2 N–H and O–H groups in total. The minimum absolute atomic E-state index is 0.0526. The number of esters is 1.